The van der Waals surface area contributed by atoms with Crippen LogP contribution in [0.1, 0.15) is 85.0 Å². The summed E-state index contributed by atoms with van der Waals surface area (Å²) in [5.74, 6) is 0. The second-order valence-corrected chi connectivity index (χ2v) is 6.13. The third-order valence-corrected chi connectivity index (χ3v) is 4.34. The smallest absolute Gasteiger partial charge is 0.00982 e. The van der Waals surface area contributed by atoms with E-state index in [1.807, 2.05) is 0 Å². The normalized spacial score (nSPS) is 20.5. The molecule has 0 bridgehead atoms. The molecule has 1 rings (SSSR count). The lowest BCUT2D eigenvalue weighted by Gasteiger charge is -2.35. The third kappa shape index (κ3) is 6.61. The van der Waals surface area contributed by atoms with Gasteiger partial charge in [-0.05, 0) is 58.0 Å². The monoisotopic (exact) mass is 265 g/mol. The number of likely N-dealkylation sites (tertiary alicyclic amines) is 1. The zero-order chi connectivity index (χ0) is 13.9. The van der Waals surface area contributed by atoms with Crippen LogP contribution >= 0.6 is 0 Å². The standard InChI is InChI=1S/C18H35N/c1-4-10-17(11-5-2)12-9-14-18-13-7-8-16-19(18)15-6-3/h12,18H,4-11,13-16H2,1-3H3. The molecular weight excluding hydrogens is 230 g/mol. The Kier molecular flexibility index (Phi) is 9.24. The summed E-state index contributed by atoms with van der Waals surface area (Å²) in [4.78, 5) is 2.75. The minimum atomic E-state index is 0.870. The number of rotatable bonds is 9. The summed E-state index contributed by atoms with van der Waals surface area (Å²) in [6.07, 6.45) is 16.1. The molecule has 0 aromatic rings. The van der Waals surface area contributed by atoms with Crippen molar-refractivity contribution in [3.05, 3.63) is 11.6 Å². The minimum Gasteiger partial charge on any atom is -0.300 e. The van der Waals surface area contributed by atoms with E-state index in [1.165, 1.54) is 77.3 Å². The van der Waals surface area contributed by atoms with Gasteiger partial charge in [-0.25, -0.2) is 0 Å². The molecule has 1 aliphatic heterocycles. The highest BCUT2D eigenvalue weighted by Gasteiger charge is 2.20. The summed E-state index contributed by atoms with van der Waals surface area (Å²) in [6, 6.07) is 0.870. The number of hydrogen-bond donors (Lipinski definition) is 0. The van der Waals surface area contributed by atoms with E-state index in [2.05, 4.69) is 31.7 Å². The number of allylic oxidation sites excluding steroid dienone is 2. The Labute approximate surface area is 121 Å². The van der Waals surface area contributed by atoms with Gasteiger partial charge >= 0.3 is 0 Å². The molecule has 0 aliphatic carbocycles. The van der Waals surface area contributed by atoms with Gasteiger partial charge in [0.05, 0.1) is 0 Å². The van der Waals surface area contributed by atoms with Crippen molar-refractivity contribution in [1.29, 1.82) is 0 Å². The van der Waals surface area contributed by atoms with Crippen molar-refractivity contribution in [1.82, 2.24) is 4.90 Å². The van der Waals surface area contributed by atoms with Crippen molar-refractivity contribution in [2.45, 2.75) is 91.0 Å². The molecule has 19 heavy (non-hydrogen) atoms. The van der Waals surface area contributed by atoms with Crippen LogP contribution in [-0.4, -0.2) is 24.0 Å². The second-order valence-electron chi connectivity index (χ2n) is 6.13. The van der Waals surface area contributed by atoms with Gasteiger partial charge in [0.25, 0.3) is 0 Å². The van der Waals surface area contributed by atoms with Gasteiger partial charge in [0, 0.05) is 6.04 Å². The van der Waals surface area contributed by atoms with Crippen molar-refractivity contribution >= 4 is 0 Å². The first kappa shape index (κ1) is 16.8. The maximum Gasteiger partial charge on any atom is 0.00982 e. The third-order valence-electron chi connectivity index (χ3n) is 4.34. The van der Waals surface area contributed by atoms with Crippen LogP contribution in [0.5, 0.6) is 0 Å². The first-order valence-electron chi connectivity index (χ1n) is 8.73. The lowest BCUT2D eigenvalue weighted by molar-refractivity contribution is 0.141. The molecule has 1 fully saturated rings. The van der Waals surface area contributed by atoms with Crippen LogP contribution in [0, 0.1) is 0 Å². The molecule has 0 saturated carbocycles. The lowest BCUT2D eigenvalue weighted by Crippen LogP contribution is -2.39. The molecule has 1 saturated heterocycles. The van der Waals surface area contributed by atoms with Crippen LogP contribution in [-0.2, 0) is 0 Å². The maximum atomic E-state index is 2.75. The van der Waals surface area contributed by atoms with E-state index in [1.54, 1.807) is 5.57 Å². The highest BCUT2D eigenvalue weighted by atomic mass is 15.2. The largest absolute Gasteiger partial charge is 0.300 e. The van der Waals surface area contributed by atoms with E-state index in [0.717, 1.165) is 6.04 Å². The molecule has 1 unspecified atom stereocenters. The molecule has 1 aliphatic rings. The van der Waals surface area contributed by atoms with Crippen molar-refractivity contribution in [2.24, 2.45) is 0 Å². The van der Waals surface area contributed by atoms with Crippen LogP contribution in [0.15, 0.2) is 11.6 Å². The van der Waals surface area contributed by atoms with Gasteiger partial charge in [-0.1, -0.05) is 51.7 Å². The van der Waals surface area contributed by atoms with Crippen LogP contribution < -0.4 is 0 Å². The van der Waals surface area contributed by atoms with Gasteiger partial charge in [-0.3, -0.25) is 0 Å². The predicted octanol–water partition coefficient (Wildman–Crippen LogP) is 5.56. The molecule has 0 aromatic heterocycles. The lowest BCUT2D eigenvalue weighted by atomic mass is 9.96. The molecule has 0 radical (unpaired) electrons. The molecule has 112 valence electrons. The molecule has 1 atom stereocenters. The van der Waals surface area contributed by atoms with E-state index in [4.69, 9.17) is 0 Å². The Hall–Kier alpha value is -0.300. The van der Waals surface area contributed by atoms with Crippen molar-refractivity contribution < 1.29 is 0 Å². The van der Waals surface area contributed by atoms with Crippen molar-refractivity contribution in [3.8, 4) is 0 Å². The Balaban J connectivity index is 2.37. The van der Waals surface area contributed by atoms with Crippen LogP contribution in [0.2, 0.25) is 0 Å². The Bertz CT molecular complexity index is 234. The minimum absolute atomic E-state index is 0.870. The first-order valence-corrected chi connectivity index (χ1v) is 8.73. The topological polar surface area (TPSA) is 3.24 Å². The molecule has 0 aromatic carbocycles. The SMILES string of the molecule is CCCC(=CCCC1CCCCN1CCC)CCC. The molecular formula is C18H35N. The average Bonchev–Trinajstić information content (AvgIpc) is 2.41. The predicted molar refractivity (Wildman–Crippen MR) is 86.6 cm³/mol. The summed E-state index contributed by atoms with van der Waals surface area (Å²) in [7, 11) is 0. The van der Waals surface area contributed by atoms with E-state index in [0.29, 0.717) is 0 Å². The molecule has 0 amide bonds. The fraction of sp³-hybridized carbons (Fsp3) is 0.889. The zero-order valence-corrected chi connectivity index (χ0v) is 13.6. The Morgan fingerprint density at radius 3 is 2.42 bits per heavy atom. The van der Waals surface area contributed by atoms with E-state index in [-0.39, 0.29) is 0 Å². The number of hydrogen-bond acceptors (Lipinski definition) is 1. The highest BCUT2D eigenvalue weighted by molar-refractivity contribution is 5.02. The summed E-state index contributed by atoms with van der Waals surface area (Å²) < 4.78 is 0. The fourth-order valence-corrected chi connectivity index (χ4v) is 3.42. The second kappa shape index (κ2) is 10.5. The molecule has 1 heterocycles. The number of nitrogens with zero attached hydrogens (tertiary/aromatic N) is 1. The average molecular weight is 265 g/mol. The zero-order valence-electron chi connectivity index (χ0n) is 13.6. The van der Waals surface area contributed by atoms with Gasteiger partial charge in [-0.2, -0.15) is 0 Å². The molecule has 0 spiro atoms. The molecule has 1 heteroatoms. The van der Waals surface area contributed by atoms with Crippen LogP contribution in [0.25, 0.3) is 0 Å². The first-order chi connectivity index (χ1) is 9.31. The van der Waals surface area contributed by atoms with Crippen LogP contribution in [0.4, 0.5) is 0 Å². The number of piperidine rings is 1. The van der Waals surface area contributed by atoms with Crippen LogP contribution in [0.3, 0.4) is 0 Å². The fourth-order valence-electron chi connectivity index (χ4n) is 3.42. The summed E-state index contributed by atoms with van der Waals surface area (Å²) in [5.41, 5.74) is 1.71. The van der Waals surface area contributed by atoms with E-state index < -0.39 is 0 Å². The quantitative estimate of drug-likeness (QED) is 0.493. The van der Waals surface area contributed by atoms with Crippen molar-refractivity contribution in [2.75, 3.05) is 13.1 Å². The summed E-state index contributed by atoms with van der Waals surface area (Å²) >= 11 is 0. The maximum absolute atomic E-state index is 2.75. The summed E-state index contributed by atoms with van der Waals surface area (Å²) in [5, 5.41) is 0. The molecule has 1 nitrogen and oxygen atoms in total. The van der Waals surface area contributed by atoms with E-state index in [9.17, 15) is 0 Å². The van der Waals surface area contributed by atoms with Gasteiger partial charge in [0.2, 0.25) is 0 Å². The molecule has 0 N–H and O–H groups in total. The van der Waals surface area contributed by atoms with Gasteiger partial charge in [-0.15, -0.1) is 0 Å². The Morgan fingerprint density at radius 1 is 1.05 bits per heavy atom. The highest BCUT2D eigenvalue weighted by Crippen LogP contribution is 2.22. The summed E-state index contributed by atoms with van der Waals surface area (Å²) in [6.45, 7) is 9.57. The van der Waals surface area contributed by atoms with E-state index >= 15 is 0 Å². The van der Waals surface area contributed by atoms with Gasteiger partial charge < -0.3 is 4.90 Å². The van der Waals surface area contributed by atoms with Gasteiger partial charge in [0.15, 0.2) is 0 Å². The Morgan fingerprint density at radius 2 is 1.79 bits per heavy atom. The van der Waals surface area contributed by atoms with Crippen molar-refractivity contribution in [3.63, 3.8) is 0 Å². The van der Waals surface area contributed by atoms with Gasteiger partial charge in [0.1, 0.15) is 0 Å².